The van der Waals surface area contributed by atoms with Gasteiger partial charge in [0, 0.05) is 19.7 Å². The summed E-state index contributed by atoms with van der Waals surface area (Å²) < 4.78 is 5.79. The third-order valence-electron chi connectivity index (χ3n) is 4.29. The molecule has 1 N–H and O–H groups in total. The maximum atomic E-state index is 5.79. The third-order valence-corrected chi connectivity index (χ3v) is 4.29. The second kappa shape index (κ2) is 5.02. The van der Waals surface area contributed by atoms with Gasteiger partial charge in [0.15, 0.2) is 0 Å². The van der Waals surface area contributed by atoms with E-state index in [0.29, 0.717) is 0 Å². The second-order valence-electron chi connectivity index (χ2n) is 5.96. The van der Waals surface area contributed by atoms with Crippen molar-refractivity contribution >= 4 is 0 Å². The number of nitrogens with one attached hydrogen (secondary N) is 1. The molecule has 0 spiro atoms. The Hall–Kier alpha value is -0.860. The van der Waals surface area contributed by atoms with Gasteiger partial charge in [-0.3, -0.25) is 0 Å². The first-order valence-electron chi connectivity index (χ1n) is 7.21. The van der Waals surface area contributed by atoms with E-state index in [1.165, 1.54) is 37.7 Å². The summed E-state index contributed by atoms with van der Waals surface area (Å²) in [7, 11) is 0. The van der Waals surface area contributed by atoms with Crippen LogP contribution in [0.2, 0.25) is 0 Å². The molecule has 0 saturated carbocycles. The minimum Gasteiger partial charge on any atom is -0.374 e. The molecule has 0 aromatic heterocycles. The summed E-state index contributed by atoms with van der Waals surface area (Å²) in [4.78, 5) is 0. The molecule has 1 aliphatic carbocycles. The van der Waals surface area contributed by atoms with Gasteiger partial charge in [-0.25, -0.2) is 0 Å². The molecular weight excluding hydrogens is 222 g/mol. The molecule has 2 heteroatoms. The van der Waals surface area contributed by atoms with Gasteiger partial charge in [0.1, 0.15) is 0 Å². The molecule has 1 heterocycles. The van der Waals surface area contributed by atoms with Crippen LogP contribution in [0.1, 0.15) is 42.9 Å². The highest BCUT2D eigenvalue weighted by Crippen LogP contribution is 2.25. The maximum Gasteiger partial charge on any atom is 0.0779 e. The SMILES string of the molecule is CC1(CNCc2ccc3c(c2)CCC3)CCCO1. The van der Waals surface area contributed by atoms with Crippen molar-refractivity contribution in [1.82, 2.24) is 5.32 Å². The van der Waals surface area contributed by atoms with E-state index in [0.717, 1.165) is 19.7 Å². The quantitative estimate of drug-likeness (QED) is 0.880. The van der Waals surface area contributed by atoms with E-state index in [9.17, 15) is 0 Å². The lowest BCUT2D eigenvalue weighted by Crippen LogP contribution is -2.36. The van der Waals surface area contributed by atoms with Gasteiger partial charge in [0.2, 0.25) is 0 Å². The van der Waals surface area contributed by atoms with Crippen molar-refractivity contribution in [1.29, 1.82) is 0 Å². The Bertz CT molecular complexity index is 421. The van der Waals surface area contributed by atoms with Crippen molar-refractivity contribution < 1.29 is 4.74 Å². The second-order valence-corrected chi connectivity index (χ2v) is 5.96. The fourth-order valence-corrected chi connectivity index (χ4v) is 3.18. The van der Waals surface area contributed by atoms with Crippen LogP contribution >= 0.6 is 0 Å². The topological polar surface area (TPSA) is 21.3 Å². The zero-order valence-electron chi connectivity index (χ0n) is 11.3. The van der Waals surface area contributed by atoms with Crippen molar-refractivity contribution in [3.63, 3.8) is 0 Å². The fraction of sp³-hybridized carbons (Fsp3) is 0.625. The first-order chi connectivity index (χ1) is 8.75. The maximum absolute atomic E-state index is 5.79. The molecule has 1 aromatic rings. The van der Waals surface area contributed by atoms with Gasteiger partial charge in [-0.1, -0.05) is 18.2 Å². The van der Waals surface area contributed by atoms with Crippen LogP contribution in [0.5, 0.6) is 0 Å². The minimum absolute atomic E-state index is 0.0662. The molecule has 0 radical (unpaired) electrons. The highest BCUT2D eigenvalue weighted by molar-refractivity contribution is 5.35. The van der Waals surface area contributed by atoms with Crippen LogP contribution in [0.15, 0.2) is 18.2 Å². The van der Waals surface area contributed by atoms with E-state index >= 15 is 0 Å². The Balaban J connectivity index is 1.54. The number of hydrogen-bond donors (Lipinski definition) is 1. The zero-order chi connectivity index (χ0) is 12.4. The molecule has 1 fully saturated rings. The molecule has 1 aliphatic heterocycles. The average molecular weight is 245 g/mol. The van der Waals surface area contributed by atoms with Gasteiger partial charge in [-0.15, -0.1) is 0 Å². The summed E-state index contributed by atoms with van der Waals surface area (Å²) >= 11 is 0. The molecule has 0 amide bonds. The van der Waals surface area contributed by atoms with Crippen molar-refractivity contribution in [2.45, 2.75) is 51.2 Å². The van der Waals surface area contributed by atoms with Crippen LogP contribution in [-0.4, -0.2) is 18.8 Å². The number of rotatable bonds is 4. The summed E-state index contributed by atoms with van der Waals surface area (Å²) in [5.74, 6) is 0. The summed E-state index contributed by atoms with van der Waals surface area (Å²) in [6.07, 6.45) is 6.26. The van der Waals surface area contributed by atoms with Gasteiger partial charge < -0.3 is 10.1 Å². The van der Waals surface area contributed by atoms with Gasteiger partial charge >= 0.3 is 0 Å². The zero-order valence-corrected chi connectivity index (χ0v) is 11.3. The largest absolute Gasteiger partial charge is 0.374 e. The van der Waals surface area contributed by atoms with Crippen LogP contribution in [0.25, 0.3) is 0 Å². The lowest BCUT2D eigenvalue weighted by atomic mass is 10.0. The molecular formula is C16H23NO. The normalized spacial score (nSPS) is 26.5. The lowest BCUT2D eigenvalue weighted by molar-refractivity contribution is 0.0207. The molecule has 1 atom stereocenters. The number of benzene rings is 1. The molecule has 18 heavy (non-hydrogen) atoms. The first kappa shape index (κ1) is 12.2. The van der Waals surface area contributed by atoms with E-state index in [2.05, 4.69) is 30.4 Å². The van der Waals surface area contributed by atoms with Crippen molar-refractivity contribution in [2.75, 3.05) is 13.2 Å². The van der Waals surface area contributed by atoms with Crippen LogP contribution in [0.4, 0.5) is 0 Å². The third kappa shape index (κ3) is 2.60. The number of aryl methyl sites for hydroxylation is 2. The van der Waals surface area contributed by atoms with Crippen LogP contribution in [0.3, 0.4) is 0 Å². The number of ether oxygens (including phenoxy) is 1. The predicted molar refractivity (Wildman–Crippen MR) is 73.8 cm³/mol. The Kier molecular flexibility index (Phi) is 3.40. The monoisotopic (exact) mass is 245 g/mol. The van der Waals surface area contributed by atoms with Gasteiger partial charge in [-0.05, 0) is 55.7 Å². The highest BCUT2D eigenvalue weighted by Gasteiger charge is 2.28. The van der Waals surface area contributed by atoms with Crippen LogP contribution in [0, 0.1) is 0 Å². The van der Waals surface area contributed by atoms with Crippen molar-refractivity contribution in [3.8, 4) is 0 Å². The van der Waals surface area contributed by atoms with Crippen molar-refractivity contribution in [3.05, 3.63) is 34.9 Å². The molecule has 2 aliphatic rings. The van der Waals surface area contributed by atoms with Gasteiger partial charge in [-0.2, -0.15) is 0 Å². The first-order valence-corrected chi connectivity index (χ1v) is 7.21. The lowest BCUT2D eigenvalue weighted by Gasteiger charge is -2.23. The Morgan fingerprint density at radius 1 is 1.22 bits per heavy atom. The average Bonchev–Trinajstić information content (AvgIpc) is 2.97. The highest BCUT2D eigenvalue weighted by atomic mass is 16.5. The Labute approximate surface area is 110 Å². The fourth-order valence-electron chi connectivity index (χ4n) is 3.18. The Morgan fingerprint density at radius 2 is 2.11 bits per heavy atom. The summed E-state index contributed by atoms with van der Waals surface area (Å²) in [6, 6.07) is 6.97. The molecule has 1 aromatic carbocycles. The standard InChI is InChI=1S/C16H23NO/c1-16(8-3-9-18-16)12-17-11-13-6-7-14-4-2-5-15(14)10-13/h6-7,10,17H,2-5,8-9,11-12H2,1H3. The molecule has 0 bridgehead atoms. The smallest absolute Gasteiger partial charge is 0.0779 e. The van der Waals surface area contributed by atoms with E-state index in [1.54, 1.807) is 11.1 Å². The summed E-state index contributed by atoms with van der Waals surface area (Å²) in [5.41, 5.74) is 4.61. The van der Waals surface area contributed by atoms with E-state index in [4.69, 9.17) is 4.74 Å². The molecule has 1 saturated heterocycles. The summed E-state index contributed by atoms with van der Waals surface area (Å²) in [5, 5.41) is 3.55. The molecule has 98 valence electrons. The van der Waals surface area contributed by atoms with E-state index < -0.39 is 0 Å². The van der Waals surface area contributed by atoms with Gasteiger partial charge in [0.05, 0.1) is 5.60 Å². The van der Waals surface area contributed by atoms with Crippen molar-refractivity contribution in [2.24, 2.45) is 0 Å². The number of hydrogen-bond acceptors (Lipinski definition) is 2. The van der Waals surface area contributed by atoms with E-state index in [1.807, 2.05) is 0 Å². The minimum atomic E-state index is 0.0662. The van der Waals surface area contributed by atoms with Crippen LogP contribution < -0.4 is 5.32 Å². The molecule has 2 nitrogen and oxygen atoms in total. The summed E-state index contributed by atoms with van der Waals surface area (Å²) in [6.45, 7) is 5.07. The molecule has 3 rings (SSSR count). The van der Waals surface area contributed by atoms with Crippen LogP contribution in [-0.2, 0) is 24.1 Å². The van der Waals surface area contributed by atoms with E-state index in [-0.39, 0.29) is 5.60 Å². The van der Waals surface area contributed by atoms with Gasteiger partial charge in [0.25, 0.3) is 0 Å². The number of fused-ring (bicyclic) bond motifs is 1. The Morgan fingerprint density at radius 3 is 2.94 bits per heavy atom. The molecule has 1 unspecified atom stereocenters. The predicted octanol–water partition coefficient (Wildman–Crippen LogP) is 2.83.